The number of sulfonamides is 2. The van der Waals surface area contributed by atoms with Crippen LogP contribution in [0.2, 0.25) is 0 Å². The average molecular weight is 524 g/mol. The third-order valence-electron chi connectivity index (χ3n) is 6.71. The van der Waals surface area contributed by atoms with Crippen molar-refractivity contribution in [3.05, 3.63) is 4.13 Å². The van der Waals surface area contributed by atoms with Crippen LogP contribution in [-0.4, -0.2) is 45.9 Å². The minimum absolute atomic E-state index is 0.210. The summed E-state index contributed by atoms with van der Waals surface area (Å²) in [7, 11) is -12.7. The zero-order valence-corrected chi connectivity index (χ0v) is 17.8. The van der Waals surface area contributed by atoms with E-state index in [0.29, 0.717) is 37.0 Å². The van der Waals surface area contributed by atoms with Gasteiger partial charge in [0.25, 0.3) is 0 Å². The van der Waals surface area contributed by atoms with Crippen LogP contribution < -0.4 is 0 Å². The molecule has 4 bridgehead atoms. The molecule has 0 unspecified atom stereocenters. The fraction of sp³-hybridized carbons (Fsp3) is 1.00. The molecule has 0 amide bonds. The van der Waals surface area contributed by atoms with E-state index in [0.717, 1.165) is 19.3 Å². The van der Waals surface area contributed by atoms with Gasteiger partial charge in [-0.05, 0) is 68.1 Å². The molecule has 188 valence electrons. The molecule has 0 aromatic rings. The largest absolute Gasteiger partial charge is 0.460 e. The Labute approximate surface area is 178 Å². The van der Waals surface area contributed by atoms with E-state index in [1.807, 2.05) is 0 Å². The number of hydrogen-bond donors (Lipinski definition) is 0. The van der Waals surface area contributed by atoms with Gasteiger partial charge in [0.1, 0.15) is 0 Å². The molecule has 4 fully saturated rings. The molecule has 4 aliphatic carbocycles. The Morgan fingerprint density at radius 2 is 1.12 bits per heavy atom. The molecule has 0 N–H and O–H groups in total. The second kappa shape index (κ2) is 7.36. The van der Waals surface area contributed by atoms with Gasteiger partial charge in [-0.25, -0.2) is 16.8 Å². The van der Waals surface area contributed by atoms with Crippen molar-refractivity contribution in [3.63, 3.8) is 0 Å². The highest BCUT2D eigenvalue weighted by molar-refractivity contribution is 8.12. The van der Waals surface area contributed by atoms with Gasteiger partial charge in [0, 0.05) is 5.75 Å². The lowest BCUT2D eigenvalue weighted by Crippen LogP contribution is -2.63. The minimum atomic E-state index is -7.52. The third-order valence-corrected chi connectivity index (χ3v) is 10.0. The van der Waals surface area contributed by atoms with Gasteiger partial charge >= 0.3 is 23.3 Å². The Balaban J connectivity index is 1.76. The quantitative estimate of drug-likeness (QED) is 0.416. The van der Waals surface area contributed by atoms with Crippen LogP contribution in [0.4, 0.5) is 39.5 Å². The summed E-state index contributed by atoms with van der Waals surface area (Å²) in [6.45, 7) is 0. The Bertz CT molecular complexity index is 925. The van der Waals surface area contributed by atoms with Crippen LogP contribution >= 0.6 is 0 Å². The van der Waals surface area contributed by atoms with Crippen molar-refractivity contribution in [3.8, 4) is 0 Å². The Kier molecular flexibility index (Phi) is 5.95. The minimum Gasteiger partial charge on any atom is -0.431 e. The number of hydrogen-bond acceptors (Lipinski definition) is 4. The van der Waals surface area contributed by atoms with Crippen molar-refractivity contribution >= 4 is 20.0 Å². The van der Waals surface area contributed by atoms with Crippen molar-refractivity contribution < 1.29 is 56.3 Å². The van der Waals surface area contributed by atoms with E-state index in [4.69, 9.17) is 0 Å². The normalized spacial score (nSPS) is 31.8. The molecular formula is C16H19F9NO4S2-. The Morgan fingerprint density at radius 3 is 1.50 bits per heavy atom. The molecule has 4 rings (SSSR count). The highest BCUT2D eigenvalue weighted by Gasteiger charge is 2.84. The fourth-order valence-corrected chi connectivity index (χ4v) is 8.71. The number of nitrogens with zero attached hydrogens (tertiary/aromatic N) is 1. The van der Waals surface area contributed by atoms with E-state index in [-0.39, 0.29) is 6.42 Å². The average Bonchev–Trinajstić information content (AvgIpc) is 2.56. The number of halogens is 9. The van der Waals surface area contributed by atoms with Gasteiger partial charge in [0.2, 0.25) is 0 Å². The zero-order valence-electron chi connectivity index (χ0n) is 16.2. The zero-order chi connectivity index (χ0) is 24.6. The molecule has 4 saturated carbocycles. The van der Waals surface area contributed by atoms with Crippen LogP contribution in [0.15, 0.2) is 0 Å². The summed E-state index contributed by atoms with van der Waals surface area (Å²) in [5, 5.41) is -7.15. The van der Waals surface area contributed by atoms with E-state index < -0.39 is 54.5 Å². The smallest absolute Gasteiger partial charge is 0.431 e. The predicted molar refractivity (Wildman–Crippen MR) is 92.2 cm³/mol. The van der Waals surface area contributed by atoms with Crippen molar-refractivity contribution in [1.82, 2.24) is 0 Å². The van der Waals surface area contributed by atoms with E-state index in [2.05, 4.69) is 0 Å². The van der Waals surface area contributed by atoms with E-state index in [9.17, 15) is 56.3 Å². The van der Waals surface area contributed by atoms with Crippen molar-refractivity contribution in [2.45, 2.75) is 68.2 Å². The van der Waals surface area contributed by atoms with Gasteiger partial charge in [-0.1, -0.05) is 0 Å². The maximum atomic E-state index is 13.7. The van der Waals surface area contributed by atoms with Crippen molar-refractivity contribution in [2.75, 3.05) is 5.75 Å². The number of alkyl halides is 9. The molecule has 5 nitrogen and oxygen atoms in total. The number of rotatable bonds is 8. The summed E-state index contributed by atoms with van der Waals surface area (Å²) < 4.78 is 165. The van der Waals surface area contributed by atoms with Crippen LogP contribution in [0.1, 0.15) is 44.9 Å². The molecule has 0 aromatic carbocycles. The molecule has 0 aromatic heterocycles. The van der Waals surface area contributed by atoms with Gasteiger partial charge in [-0.3, -0.25) is 0 Å². The standard InChI is InChI=1S/C16H19F9NO4S2/c17-13(18,15(21,22)23)14(19,20)16(24,25)32(29,30)26-31(27,28)2-1-12-6-9-3-10(7-12)5-11(4-9)8-12/h9-11H,1-8H2/q-1. The lowest BCUT2D eigenvalue weighted by Gasteiger charge is -2.57. The summed E-state index contributed by atoms with van der Waals surface area (Å²) in [5.74, 6) is -15.1. The Morgan fingerprint density at radius 1 is 0.719 bits per heavy atom. The maximum absolute atomic E-state index is 13.7. The summed E-state index contributed by atoms with van der Waals surface area (Å²) in [4.78, 5) is 0. The fourth-order valence-electron chi connectivity index (χ4n) is 5.70. The molecule has 0 radical (unpaired) electrons. The van der Waals surface area contributed by atoms with Crippen LogP contribution in [0.25, 0.3) is 4.13 Å². The summed E-state index contributed by atoms with van der Waals surface area (Å²) in [6.07, 6.45) is -2.72. The highest BCUT2D eigenvalue weighted by atomic mass is 32.3. The highest BCUT2D eigenvalue weighted by Crippen LogP contribution is 2.61. The SMILES string of the molecule is O=S(=O)(CCC12CC3CC(CC(C3)C1)C2)[N-]S(=O)(=O)C(F)(F)C(F)(F)C(F)(F)C(F)(F)F. The summed E-state index contributed by atoms with van der Waals surface area (Å²) in [6, 6.07) is 0. The molecule has 0 aliphatic heterocycles. The van der Waals surface area contributed by atoms with Gasteiger partial charge in [0.05, 0.1) is 10.0 Å². The van der Waals surface area contributed by atoms with Crippen LogP contribution in [-0.2, 0) is 20.0 Å². The van der Waals surface area contributed by atoms with Gasteiger partial charge in [-0.2, -0.15) is 39.5 Å². The monoisotopic (exact) mass is 524 g/mol. The molecular weight excluding hydrogens is 505 g/mol. The van der Waals surface area contributed by atoms with Gasteiger partial charge < -0.3 is 4.13 Å². The molecule has 16 heteroatoms. The Hall–Kier alpha value is -0.770. The maximum Gasteiger partial charge on any atom is 0.460 e. The van der Waals surface area contributed by atoms with Crippen LogP contribution in [0.3, 0.4) is 0 Å². The first kappa shape index (κ1) is 25.8. The van der Waals surface area contributed by atoms with Gasteiger partial charge in [-0.15, -0.1) is 0 Å². The van der Waals surface area contributed by atoms with Crippen LogP contribution in [0.5, 0.6) is 0 Å². The second-order valence-corrected chi connectivity index (χ2v) is 12.8. The lowest BCUT2D eigenvalue weighted by molar-refractivity contribution is -0.382. The summed E-state index contributed by atoms with van der Waals surface area (Å²) in [5.41, 5.74) is -0.517. The topological polar surface area (TPSA) is 82.4 Å². The first-order valence-corrected chi connectivity index (χ1v) is 12.6. The first-order chi connectivity index (χ1) is 14.1. The molecule has 0 saturated heterocycles. The van der Waals surface area contributed by atoms with Crippen molar-refractivity contribution in [2.24, 2.45) is 23.2 Å². The molecule has 0 heterocycles. The van der Waals surface area contributed by atoms with E-state index in [1.165, 1.54) is 0 Å². The third kappa shape index (κ3) is 4.12. The van der Waals surface area contributed by atoms with E-state index >= 15 is 0 Å². The molecule has 4 aliphatic rings. The second-order valence-electron chi connectivity index (χ2n) is 9.17. The molecule has 32 heavy (non-hydrogen) atoms. The van der Waals surface area contributed by atoms with Crippen molar-refractivity contribution in [1.29, 1.82) is 0 Å². The lowest BCUT2D eigenvalue weighted by atomic mass is 9.49. The van der Waals surface area contributed by atoms with Crippen LogP contribution in [0, 0.1) is 23.2 Å². The molecule has 0 atom stereocenters. The summed E-state index contributed by atoms with van der Waals surface area (Å²) >= 11 is 0. The first-order valence-electron chi connectivity index (χ1n) is 9.56. The van der Waals surface area contributed by atoms with Gasteiger partial charge in [0.15, 0.2) is 10.0 Å². The molecule has 0 spiro atoms. The predicted octanol–water partition coefficient (Wildman–Crippen LogP) is 5.05. The van der Waals surface area contributed by atoms with E-state index in [1.54, 1.807) is 4.13 Å².